The van der Waals surface area contributed by atoms with Crippen LogP contribution in [0.15, 0.2) is 36.4 Å². The number of nitrogens with zero attached hydrogens (tertiary/aromatic N) is 1. The molecule has 25 heavy (non-hydrogen) atoms. The number of halogens is 1. The van der Waals surface area contributed by atoms with Gasteiger partial charge in [-0.3, -0.25) is 4.79 Å². The maximum absolute atomic E-state index is 12.8. The molecular formula is C20H23ClN2O2. The standard InChI is InChI=1S/C20H23ClN2O2/c1-13-6-8-18-15(11-13)5-4-10-23(18)14(2)20(24)22-17-12-16(21)7-9-19(17)25-3/h6-9,11-12,14H,4-5,10H2,1-3H3,(H,22,24)/t14-/m1/s1. The molecule has 2 aromatic rings. The summed E-state index contributed by atoms with van der Waals surface area (Å²) in [6.45, 7) is 4.90. The first-order valence-electron chi connectivity index (χ1n) is 8.50. The van der Waals surface area contributed by atoms with E-state index in [4.69, 9.17) is 16.3 Å². The van der Waals surface area contributed by atoms with Crippen molar-refractivity contribution in [1.29, 1.82) is 0 Å². The highest BCUT2D eigenvalue weighted by Crippen LogP contribution is 2.31. The van der Waals surface area contributed by atoms with Gasteiger partial charge in [0, 0.05) is 17.3 Å². The third kappa shape index (κ3) is 3.74. The van der Waals surface area contributed by atoms with Gasteiger partial charge in [0.05, 0.1) is 12.8 Å². The van der Waals surface area contributed by atoms with Crippen LogP contribution >= 0.6 is 11.6 Å². The number of rotatable bonds is 4. The molecule has 0 aliphatic carbocycles. The van der Waals surface area contributed by atoms with E-state index in [0.29, 0.717) is 16.5 Å². The van der Waals surface area contributed by atoms with Crippen molar-refractivity contribution in [2.24, 2.45) is 0 Å². The molecule has 5 heteroatoms. The topological polar surface area (TPSA) is 41.6 Å². The molecule has 0 radical (unpaired) electrons. The Morgan fingerprint density at radius 1 is 1.28 bits per heavy atom. The fourth-order valence-electron chi connectivity index (χ4n) is 3.31. The van der Waals surface area contributed by atoms with Crippen LogP contribution in [0, 0.1) is 6.92 Å². The minimum atomic E-state index is -0.287. The SMILES string of the molecule is COc1ccc(Cl)cc1NC(=O)[C@@H](C)N1CCCc2cc(C)ccc21. The molecule has 1 N–H and O–H groups in total. The van der Waals surface area contributed by atoms with Crippen LogP contribution in [-0.4, -0.2) is 25.6 Å². The summed E-state index contributed by atoms with van der Waals surface area (Å²) in [4.78, 5) is 15.0. The second kappa shape index (κ2) is 7.36. The van der Waals surface area contributed by atoms with Crippen molar-refractivity contribution < 1.29 is 9.53 Å². The lowest BCUT2D eigenvalue weighted by molar-refractivity contribution is -0.117. The Morgan fingerprint density at radius 2 is 2.08 bits per heavy atom. The first kappa shape index (κ1) is 17.6. The van der Waals surface area contributed by atoms with Crippen molar-refractivity contribution in [3.8, 4) is 5.75 Å². The van der Waals surface area contributed by atoms with E-state index in [1.165, 1.54) is 11.1 Å². The van der Waals surface area contributed by atoms with Crippen molar-refractivity contribution in [2.45, 2.75) is 32.7 Å². The van der Waals surface area contributed by atoms with Crippen molar-refractivity contribution in [1.82, 2.24) is 0 Å². The second-order valence-electron chi connectivity index (χ2n) is 6.44. The first-order valence-corrected chi connectivity index (χ1v) is 8.88. The number of anilines is 2. The number of methoxy groups -OCH3 is 1. The van der Waals surface area contributed by atoms with Crippen molar-refractivity contribution in [3.63, 3.8) is 0 Å². The Balaban J connectivity index is 1.81. The summed E-state index contributed by atoms with van der Waals surface area (Å²) in [5.41, 5.74) is 4.30. The molecule has 0 aromatic heterocycles. The lowest BCUT2D eigenvalue weighted by Crippen LogP contribution is -2.44. The summed E-state index contributed by atoms with van der Waals surface area (Å²) >= 11 is 6.05. The van der Waals surface area contributed by atoms with E-state index in [0.717, 1.165) is 25.1 Å². The number of carbonyl (C=O) groups is 1. The number of hydrogen-bond acceptors (Lipinski definition) is 3. The predicted octanol–water partition coefficient (Wildman–Crippen LogP) is 4.44. The van der Waals surface area contributed by atoms with Gasteiger partial charge in [-0.15, -0.1) is 0 Å². The van der Waals surface area contributed by atoms with Gasteiger partial charge in [0.25, 0.3) is 0 Å². The summed E-state index contributed by atoms with van der Waals surface area (Å²) in [6, 6.07) is 11.3. The molecule has 2 aromatic carbocycles. The van der Waals surface area contributed by atoms with Crippen molar-refractivity contribution in [2.75, 3.05) is 23.9 Å². The number of aryl methyl sites for hydroxylation is 2. The summed E-state index contributed by atoms with van der Waals surface area (Å²) in [5, 5.41) is 3.51. The van der Waals surface area contributed by atoms with Gasteiger partial charge < -0.3 is 15.0 Å². The van der Waals surface area contributed by atoms with E-state index in [9.17, 15) is 4.79 Å². The molecule has 0 fully saturated rings. The fourth-order valence-corrected chi connectivity index (χ4v) is 3.49. The maximum atomic E-state index is 12.8. The van der Waals surface area contributed by atoms with Crippen LogP contribution in [-0.2, 0) is 11.2 Å². The Hall–Kier alpha value is -2.20. The minimum absolute atomic E-state index is 0.0750. The number of carbonyl (C=O) groups excluding carboxylic acids is 1. The summed E-state index contributed by atoms with van der Waals surface area (Å²) in [6.07, 6.45) is 2.11. The first-order chi connectivity index (χ1) is 12.0. The normalized spacial score (nSPS) is 14.6. The van der Waals surface area contributed by atoms with Crippen LogP contribution in [0.2, 0.25) is 5.02 Å². The number of benzene rings is 2. The van der Waals surface area contributed by atoms with Gasteiger partial charge in [0.2, 0.25) is 5.91 Å². The van der Waals surface area contributed by atoms with Crippen LogP contribution in [0.3, 0.4) is 0 Å². The lowest BCUT2D eigenvalue weighted by Gasteiger charge is -2.35. The Morgan fingerprint density at radius 3 is 2.84 bits per heavy atom. The van der Waals surface area contributed by atoms with E-state index in [1.54, 1.807) is 25.3 Å². The largest absolute Gasteiger partial charge is 0.495 e. The quantitative estimate of drug-likeness (QED) is 0.878. The molecule has 4 nitrogen and oxygen atoms in total. The Bertz CT molecular complexity index is 791. The van der Waals surface area contributed by atoms with Crippen LogP contribution in [0.5, 0.6) is 5.75 Å². The number of hydrogen-bond donors (Lipinski definition) is 1. The van der Waals surface area contributed by atoms with Gasteiger partial charge in [-0.25, -0.2) is 0 Å². The summed E-state index contributed by atoms with van der Waals surface area (Å²) in [5.74, 6) is 0.522. The van der Waals surface area contributed by atoms with Gasteiger partial charge in [-0.2, -0.15) is 0 Å². The number of amides is 1. The third-order valence-electron chi connectivity index (χ3n) is 4.66. The van der Waals surface area contributed by atoms with Gasteiger partial charge >= 0.3 is 0 Å². The number of nitrogens with one attached hydrogen (secondary N) is 1. The Labute approximate surface area is 153 Å². The fraction of sp³-hybridized carbons (Fsp3) is 0.350. The average Bonchev–Trinajstić information content (AvgIpc) is 2.60. The van der Waals surface area contributed by atoms with E-state index >= 15 is 0 Å². The molecule has 132 valence electrons. The van der Waals surface area contributed by atoms with Crippen LogP contribution < -0.4 is 15.0 Å². The summed E-state index contributed by atoms with van der Waals surface area (Å²) in [7, 11) is 1.57. The van der Waals surface area contributed by atoms with E-state index in [1.807, 2.05) is 6.92 Å². The van der Waals surface area contributed by atoms with E-state index in [2.05, 4.69) is 35.3 Å². The molecule has 1 aliphatic heterocycles. The van der Waals surface area contributed by atoms with Gasteiger partial charge in [0.15, 0.2) is 0 Å². The molecule has 1 aliphatic rings. The molecule has 3 rings (SSSR count). The molecule has 0 saturated heterocycles. The van der Waals surface area contributed by atoms with Gasteiger partial charge in [-0.05, 0) is 56.5 Å². The summed E-state index contributed by atoms with van der Waals surface area (Å²) < 4.78 is 5.31. The molecule has 0 bridgehead atoms. The zero-order chi connectivity index (χ0) is 18.0. The van der Waals surface area contributed by atoms with E-state index in [-0.39, 0.29) is 11.9 Å². The lowest BCUT2D eigenvalue weighted by atomic mass is 9.98. The van der Waals surface area contributed by atoms with Crippen molar-refractivity contribution in [3.05, 3.63) is 52.5 Å². The van der Waals surface area contributed by atoms with Gasteiger partial charge in [-0.1, -0.05) is 29.3 Å². The maximum Gasteiger partial charge on any atom is 0.246 e. The highest BCUT2D eigenvalue weighted by molar-refractivity contribution is 6.31. The van der Waals surface area contributed by atoms with E-state index < -0.39 is 0 Å². The minimum Gasteiger partial charge on any atom is -0.495 e. The van der Waals surface area contributed by atoms with Crippen molar-refractivity contribution >= 4 is 28.9 Å². The number of fused-ring (bicyclic) bond motifs is 1. The zero-order valence-corrected chi connectivity index (χ0v) is 15.6. The average molecular weight is 359 g/mol. The second-order valence-corrected chi connectivity index (χ2v) is 6.88. The molecule has 1 heterocycles. The molecule has 1 amide bonds. The van der Waals surface area contributed by atoms with Gasteiger partial charge in [0.1, 0.15) is 11.8 Å². The van der Waals surface area contributed by atoms with Crippen LogP contribution in [0.1, 0.15) is 24.5 Å². The molecule has 0 spiro atoms. The van der Waals surface area contributed by atoms with Crippen LogP contribution in [0.4, 0.5) is 11.4 Å². The highest BCUT2D eigenvalue weighted by Gasteiger charge is 2.26. The zero-order valence-electron chi connectivity index (χ0n) is 14.8. The predicted molar refractivity (Wildman–Crippen MR) is 103 cm³/mol. The van der Waals surface area contributed by atoms with Crippen LogP contribution in [0.25, 0.3) is 0 Å². The molecule has 0 saturated carbocycles. The highest BCUT2D eigenvalue weighted by atomic mass is 35.5. The molecule has 0 unspecified atom stereocenters. The Kier molecular flexibility index (Phi) is 5.19. The smallest absolute Gasteiger partial charge is 0.246 e. The molecular weight excluding hydrogens is 336 g/mol. The number of ether oxygens (including phenoxy) is 1. The third-order valence-corrected chi connectivity index (χ3v) is 4.89. The molecule has 1 atom stereocenters. The monoisotopic (exact) mass is 358 g/mol.